The standard InChI is InChI=1S/C13H17N3O3/c1-3-11(17)15-6-7-16(9-15)13(19)10-4-5-12(18)14(2)8-10/h4-5,8H,3,6-7,9H2,1-2H3. The summed E-state index contributed by atoms with van der Waals surface area (Å²) >= 11 is 0. The third-order valence-corrected chi connectivity index (χ3v) is 3.26. The molecule has 0 N–H and O–H groups in total. The van der Waals surface area contributed by atoms with Crippen LogP contribution in [0.25, 0.3) is 0 Å². The van der Waals surface area contributed by atoms with E-state index >= 15 is 0 Å². The van der Waals surface area contributed by atoms with E-state index in [4.69, 9.17) is 0 Å². The quantitative estimate of drug-likeness (QED) is 0.756. The highest BCUT2D eigenvalue weighted by atomic mass is 16.2. The van der Waals surface area contributed by atoms with Gasteiger partial charge in [0.25, 0.3) is 5.91 Å². The molecule has 0 radical (unpaired) electrons. The molecule has 2 rings (SSSR count). The molecule has 0 spiro atoms. The molecule has 1 saturated heterocycles. The van der Waals surface area contributed by atoms with Gasteiger partial charge in [-0.1, -0.05) is 6.92 Å². The van der Waals surface area contributed by atoms with Crippen molar-refractivity contribution in [3.63, 3.8) is 0 Å². The molecular formula is C13H17N3O3. The van der Waals surface area contributed by atoms with Crippen molar-refractivity contribution in [2.24, 2.45) is 7.05 Å². The van der Waals surface area contributed by atoms with Crippen LogP contribution in [0, 0.1) is 0 Å². The third-order valence-electron chi connectivity index (χ3n) is 3.26. The number of aromatic nitrogens is 1. The zero-order valence-electron chi connectivity index (χ0n) is 11.1. The lowest BCUT2D eigenvalue weighted by atomic mass is 10.2. The van der Waals surface area contributed by atoms with E-state index in [1.807, 2.05) is 0 Å². The molecule has 19 heavy (non-hydrogen) atoms. The van der Waals surface area contributed by atoms with Crippen LogP contribution in [0.15, 0.2) is 23.1 Å². The fourth-order valence-corrected chi connectivity index (χ4v) is 2.08. The molecule has 102 valence electrons. The number of aryl methyl sites for hydroxylation is 1. The largest absolute Gasteiger partial charge is 0.323 e. The average molecular weight is 263 g/mol. The molecule has 1 fully saturated rings. The Balaban J connectivity index is 2.11. The first-order valence-electron chi connectivity index (χ1n) is 6.26. The van der Waals surface area contributed by atoms with Crippen LogP contribution in [0.2, 0.25) is 0 Å². The molecule has 0 saturated carbocycles. The van der Waals surface area contributed by atoms with E-state index in [1.165, 1.54) is 22.9 Å². The van der Waals surface area contributed by atoms with Crippen molar-refractivity contribution in [1.29, 1.82) is 0 Å². The van der Waals surface area contributed by atoms with E-state index in [1.54, 1.807) is 23.8 Å². The number of hydrogen-bond acceptors (Lipinski definition) is 3. The van der Waals surface area contributed by atoms with Gasteiger partial charge < -0.3 is 14.4 Å². The second-order valence-corrected chi connectivity index (χ2v) is 4.59. The van der Waals surface area contributed by atoms with Gasteiger partial charge in [-0.2, -0.15) is 0 Å². The van der Waals surface area contributed by atoms with Gasteiger partial charge in [-0.05, 0) is 6.07 Å². The number of carbonyl (C=O) groups excluding carboxylic acids is 2. The van der Waals surface area contributed by atoms with Gasteiger partial charge in [0.1, 0.15) is 0 Å². The van der Waals surface area contributed by atoms with Gasteiger partial charge in [0.2, 0.25) is 11.5 Å². The Labute approximate surface area is 111 Å². The SMILES string of the molecule is CCC(=O)N1CCN(C(=O)c2ccc(=O)n(C)c2)C1. The number of nitrogens with zero attached hydrogens (tertiary/aromatic N) is 3. The Bertz CT molecular complexity index is 564. The van der Waals surface area contributed by atoms with Crippen LogP contribution >= 0.6 is 0 Å². The fourth-order valence-electron chi connectivity index (χ4n) is 2.08. The van der Waals surface area contributed by atoms with Gasteiger partial charge in [-0.25, -0.2) is 0 Å². The van der Waals surface area contributed by atoms with Gasteiger partial charge in [0, 0.05) is 38.8 Å². The molecule has 1 aromatic rings. The first kappa shape index (κ1) is 13.3. The monoisotopic (exact) mass is 263 g/mol. The second kappa shape index (κ2) is 5.26. The zero-order chi connectivity index (χ0) is 14.0. The fraction of sp³-hybridized carbons (Fsp3) is 0.462. The van der Waals surface area contributed by atoms with Crippen molar-refractivity contribution in [2.75, 3.05) is 19.8 Å². The molecule has 6 heteroatoms. The molecule has 0 bridgehead atoms. The van der Waals surface area contributed by atoms with Crippen LogP contribution in [-0.4, -0.2) is 45.9 Å². The predicted octanol–water partition coefficient (Wildman–Crippen LogP) is 0.0372. The van der Waals surface area contributed by atoms with E-state index in [0.29, 0.717) is 31.7 Å². The van der Waals surface area contributed by atoms with E-state index in [-0.39, 0.29) is 17.4 Å². The molecule has 0 unspecified atom stereocenters. The normalized spacial score (nSPS) is 14.8. The molecule has 0 atom stereocenters. The van der Waals surface area contributed by atoms with E-state index in [9.17, 15) is 14.4 Å². The third kappa shape index (κ3) is 2.67. The molecule has 2 heterocycles. The highest BCUT2D eigenvalue weighted by Crippen LogP contribution is 2.11. The molecule has 6 nitrogen and oxygen atoms in total. The van der Waals surface area contributed by atoms with Gasteiger partial charge in [0.15, 0.2) is 0 Å². The van der Waals surface area contributed by atoms with Crippen molar-refractivity contribution < 1.29 is 9.59 Å². The average Bonchev–Trinajstić information content (AvgIpc) is 2.89. The number of hydrogen-bond donors (Lipinski definition) is 0. The Morgan fingerprint density at radius 2 is 1.89 bits per heavy atom. The van der Waals surface area contributed by atoms with E-state index in [2.05, 4.69) is 0 Å². The maximum atomic E-state index is 12.2. The van der Waals surface area contributed by atoms with Crippen molar-refractivity contribution in [3.8, 4) is 0 Å². The summed E-state index contributed by atoms with van der Waals surface area (Å²) in [6.45, 7) is 3.24. The van der Waals surface area contributed by atoms with Gasteiger partial charge in [-0.15, -0.1) is 0 Å². The molecule has 0 aromatic carbocycles. The van der Waals surface area contributed by atoms with Crippen LogP contribution in [0.1, 0.15) is 23.7 Å². The molecule has 1 aliphatic heterocycles. The van der Waals surface area contributed by atoms with Gasteiger partial charge in [-0.3, -0.25) is 14.4 Å². The van der Waals surface area contributed by atoms with Crippen LogP contribution in [0.5, 0.6) is 0 Å². The molecule has 1 aromatic heterocycles. The summed E-state index contributed by atoms with van der Waals surface area (Å²) in [4.78, 5) is 38.4. The smallest absolute Gasteiger partial charge is 0.256 e. The Kier molecular flexibility index (Phi) is 3.69. The van der Waals surface area contributed by atoms with Crippen LogP contribution < -0.4 is 5.56 Å². The summed E-state index contributed by atoms with van der Waals surface area (Å²) in [5, 5.41) is 0. The number of carbonyl (C=O) groups is 2. The summed E-state index contributed by atoms with van der Waals surface area (Å²) in [6, 6.07) is 2.90. The Hall–Kier alpha value is -2.11. The zero-order valence-corrected chi connectivity index (χ0v) is 11.1. The minimum absolute atomic E-state index is 0.0516. The second-order valence-electron chi connectivity index (χ2n) is 4.59. The summed E-state index contributed by atoms with van der Waals surface area (Å²) in [5.41, 5.74) is 0.314. The lowest BCUT2D eigenvalue weighted by molar-refractivity contribution is -0.130. The van der Waals surface area contributed by atoms with Crippen molar-refractivity contribution in [3.05, 3.63) is 34.2 Å². The molecular weight excluding hydrogens is 246 g/mol. The summed E-state index contributed by atoms with van der Waals surface area (Å²) in [6.07, 6.45) is 1.97. The van der Waals surface area contributed by atoms with Crippen molar-refractivity contribution >= 4 is 11.8 Å². The van der Waals surface area contributed by atoms with Crippen LogP contribution in [0.3, 0.4) is 0 Å². The minimum Gasteiger partial charge on any atom is -0.323 e. The number of rotatable bonds is 2. The highest BCUT2D eigenvalue weighted by molar-refractivity contribution is 5.94. The lowest BCUT2D eigenvalue weighted by Gasteiger charge is -2.18. The van der Waals surface area contributed by atoms with Crippen LogP contribution in [-0.2, 0) is 11.8 Å². The molecule has 1 aliphatic rings. The Morgan fingerprint density at radius 3 is 2.53 bits per heavy atom. The molecule has 2 amide bonds. The summed E-state index contributed by atoms with van der Waals surface area (Å²) < 4.78 is 1.37. The summed E-state index contributed by atoms with van der Waals surface area (Å²) in [7, 11) is 1.61. The Morgan fingerprint density at radius 1 is 1.21 bits per heavy atom. The van der Waals surface area contributed by atoms with E-state index in [0.717, 1.165) is 0 Å². The van der Waals surface area contributed by atoms with Gasteiger partial charge in [0.05, 0.1) is 12.2 Å². The number of amides is 2. The van der Waals surface area contributed by atoms with Crippen molar-refractivity contribution in [2.45, 2.75) is 13.3 Å². The number of pyridine rings is 1. The minimum atomic E-state index is -0.152. The van der Waals surface area contributed by atoms with Crippen molar-refractivity contribution in [1.82, 2.24) is 14.4 Å². The van der Waals surface area contributed by atoms with Gasteiger partial charge >= 0.3 is 0 Å². The van der Waals surface area contributed by atoms with E-state index < -0.39 is 0 Å². The first-order valence-corrected chi connectivity index (χ1v) is 6.26. The topological polar surface area (TPSA) is 62.6 Å². The van der Waals surface area contributed by atoms with Crippen LogP contribution in [0.4, 0.5) is 0 Å². The maximum absolute atomic E-state index is 12.2. The predicted molar refractivity (Wildman–Crippen MR) is 69.6 cm³/mol. The maximum Gasteiger partial charge on any atom is 0.256 e. The summed E-state index contributed by atoms with van der Waals surface area (Å²) in [5.74, 6) is -0.0993. The molecule has 0 aliphatic carbocycles. The first-order chi connectivity index (χ1) is 9.02. The highest BCUT2D eigenvalue weighted by Gasteiger charge is 2.27. The lowest BCUT2D eigenvalue weighted by Crippen LogP contribution is -2.34.